The van der Waals surface area contributed by atoms with Crippen molar-refractivity contribution in [2.24, 2.45) is 0 Å². The lowest BCUT2D eigenvalue weighted by Crippen LogP contribution is -2.49. The van der Waals surface area contributed by atoms with Crippen molar-refractivity contribution in [3.05, 3.63) is 150 Å². The minimum atomic E-state index is -3.53. The summed E-state index contributed by atoms with van der Waals surface area (Å²) in [5.74, 6) is 0. The van der Waals surface area contributed by atoms with Crippen LogP contribution in [0.4, 0.5) is 10.3 Å². The molecule has 2 aliphatic rings. The van der Waals surface area contributed by atoms with Crippen LogP contribution < -0.4 is 9.80 Å². The van der Waals surface area contributed by atoms with E-state index in [2.05, 4.69) is 95.1 Å². The van der Waals surface area contributed by atoms with E-state index in [9.17, 15) is 16.8 Å². The summed E-state index contributed by atoms with van der Waals surface area (Å²) >= 11 is 3.28. The number of rotatable bonds is 11. The second-order valence-electron chi connectivity index (χ2n) is 17.7. The summed E-state index contributed by atoms with van der Waals surface area (Å²) in [6, 6.07) is 21.4. The molecular formula is C51H64N6O4S4. The van der Waals surface area contributed by atoms with E-state index in [1.54, 1.807) is 31.3 Å². The van der Waals surface area contributed by atoms with Crippen molar-refractivity contribution in [1.82, 2.24) is 18.6 Å². The minimum absolute atomic E-state index is 0.473. The lowest BCUT2D eigenvalue weighted by molar-refractivity contribution is 0.383. The Morgan fingerprint density at radius 3 is 1.14 bits per heavy atom. The molecule has 346 valence electrons. The molecule has 4 heterocycles. The number of sulfonamides is 2. The van der Waals surface area contributed by atoms with Gasteiger partial charge in [0, 0.05) is 76.0 Å². The first-order valence-electron chi connectivity index (χ1n) is 22.5. The summed E-state index contributed by atoms with van der Waals surface area (Å²) in [4.78, 5) is 15.1. The highest BCUT2D eigenvalue weighted by Crippen LogP contribution is 2.33. The Hall–Kier alpha value is -4.44. The molecular weight excluding hydrogens is 889 g/mol. The number of nitrogens with zero attached hydrogens (tertiary/aromatic N) is 6. The molecule has 0 amide bonds. The van der Waals surface area contributed by atoms with Crippen molar-refractivity contribution in [3.63, 3.8) is 0 Å². The van der Waals surface area contributed by atoms with E-state index >= 15 is 0 Å². The number of thiazole rings is 2. The van der Waals surface area contributed by atoms with E-state index in [0.29, 0.717) is 62.1 Å². The quantitative estimate of drug-likeness (QED) is 0.126. The van der Waals surface area contributed by atoms with Crippen molar-refractivity contribution in [1.29, 1.82) is 0 Å². The van der Waals surface area contributed by atoms with Crippen LogP contribution in [0.25, 0.3) is 0 Å². The van der Waals surface area contributed by atoms with E-state index in [0.717, 1.165) is 85.4 Å². The zero-order valence-electron chi connectivity index (χ0n) is 39.7. The van der Waals surface area contributed by atoms with Crippen molar-refractivity contribution in [3.8, 4) is 0 Å². The zero-order valence-corrected chi connectivity index (χ0v) is 42.9. The summed E-state index contributed by atoms with van der Waals surface area (Å²) in [5, 5.41) is 6.18. The van der Waals surface area contributed by atoms with Gasteiger partial charge in [0.05, 0.1) is 21.2 Å². The van der Waals surface area contributed by atoms with Gasteiger partial charge in [-0.3, -0.25) is 0 Å². The molecule has 6 aromatic rings. The van der Waals surface area contributed by atoms with E-state index in [4.69, 9.17) is 9.97 Å². The second-order valence-corrected chi connectivity index (χ2v) is 23.1. The molecule has 2 fully saturated rings. The van der Waals surface area contributed by atoms with Gasteiger partial charge in [-0.2, -0.15) is 8.61 Å². The van der Waals surface area contributed by atoms with Gasteiger partial charge in [-0.05, 0) is 130 Å². The van der Waals surface area contributed by atoms with Crippen LogP contribution in [0.5, 0.6) is 0 Å². The molecule has 4 aromatic carbocycles. The summed E-state index contributed by atoms with van der Waals surface area (Å²) in [5.41, 5.74) is 14.8. The Bertz CT molecular complexity index is 2800. The van der Waals surface area contributed by atoms with Crippen LogP contribution in [-0.4, -0.2) is 87.8 Å². The highest BCUT2D eigenvalue weighted by molar-refractivity contribution is 7.89. The summed E-state index contributed by atoms with van der Waals surface area (Å²) < 4.78 is 57.3. The maximum absolute atomic E-state index is 13.5. The van der Waals surface area contributed by atoms with Gasteiger partial charge in [-0.25, -0.2) is 26.8 Å². The third kappa shape index (κ3) is 10.7. The lowest BCUT2D eigenvalue weighted by Gasteiger charge is -2.34. The fraction of sp³-hybridized carbons (Fsp3) is 0.412. The van der Waals surface area contributed by atoms with Gasteiger partial charge in [0.1, 0.15) is 0 Å². The number of benzene rings is 4. The number of hydrogen-bond donors (Lipinski definition) is 0. The Balaban J connectivity index is 0.000000194. The Kier molecular flexibility index (Phi) is 15.1. The molecule has 65 heavy (non-hydrogen) atoms. The van der Waals surface area contributed by atoms with E-state index in [1.807, 2.05) is 55.4 Å². The number of hydrogen-bond acceptors (Lipinski definition) is 10. The van der Waals surface area contributed by atoms with E-state index in [1.165, 1.54) is 22.3 Å². The molecule has 2 saturated heterocycles. The number of aromatic nitrogens is 2. The summed E-state index contributed by atoms with van der Waals surface area (Å²) in [6.45, 7) is 24.3. The maximum atomic E-state index is 13.5. The lowest BCUT2D eigenvalue weighted by atomic mass is 10.0. The zero-order chi connectivity index (χ0) is 46.8. The fourth-order valence-electron chi connectivity index (χ4n) is 8.70. The average Bonchev–Trinajstić information content (AvgIpc) is 3.96. The van der Waals surface area contributed by atoms with Crippen molar-refractivity contribution in [2.45, 2.75) is 98.3 Å². The molecule has 0 N–H and O–H groups in total. The number of piperazine rings is 2. The predicted molar refractivity (Wildman–Crippen MR) is 270 cm³/mol. The largest absolute Gasteiger partial charge is 0.345 e. The second kappa shape index (κ2) is 20.2. The van der Waals surface area contributed by atoms with Gasteiger partial charge in [-0.1, -0.05) is 73.2 Å². The smallest absolute Gasteiger partial charge is 0.243 e. The first-order chi connectivity index (χ1) is 30.9. The van der Waals surface area contributed by atoms with Crippen LogP contribution in [-0.2, 0) is 39.3 Å². The molecule has 10 nitrogen and oxygen atoms in total. The normalized spacial score (nSPS) is 15.3. The standard InChI is InChI=1S/C26H33N3O2S2.C25H31N3O2S2/c1-6-22-7-9-23(10-8-22)16-24-17-32-26(27-24)28-11-13-29(14-12-28)33(30,31)25-20(4)18(2)15-19(3)21(25)5;1-17-6-8-22(9-7-17)15-23-16-31-25(26-23)27-10-12-28(13-11-27)32(29,30)24-20(4)18(2)14-19(3)21(24)5/h7-10,15,17H,6,11-14,16H2,1-5H3;6-9,14,16H,10-13,15H2,1-5H3. The van der Waals surface area contributed by atoms with E-state index < -0.39 is 20.0 Å². The van der Waals surface area contributed by atoms with Gasteiger partial charge in [0.2, 0.25) is 20.0 Å². The van der Waals surface area contributed by atoms with Crippen LogP contribution in [0, 0.1) is 62.3 Å². The van der Waals surface area contributed by atoms with Crippen LogP contribution in [0.2, 0.25) is 0 Å². The SMILES string of the molecule is CCc1ccc(Cc2csc(N3CCN(S(=O)(=O)c4c(C)c(C)cc(C)c4C)CC3)n2)cc1.Cc1ccc(Cc2csc(N3CCN(S(=O)(=O)c4c(C)c(C)cc(C)c4C)CC3)n2)cc1. The monoisotopic (exact) mass is 952 g/mol. The molecule has 8 rings (SSSR count). The molecule has 2 aromatic heterocycles. The van der Waals surface area contributed by atoms with Crippen LogP contribution in [0.1, 0.15) is 85.1 Å². The molecule has 0 unspecified atom stereocenters. The molecule has 0 saturated carbocycles. The van der Waals surface area contributed by atoms with E-state index in [-0.39, 0.29) is 0 Å². The highest BCUT2D eigenvalue weighted by atomic mass is 32.2. The number of aryl methyl sites for hydroxylation is 6. The summed E-state index contributed by atoms with van der Waals surface area (Å²) in [6.07, 6.45) is 2.68. The van der Waals surface area contributed by atoms with Gasteiger partial charge < -0.3 is 9.80 Å². The Morgan fingerprint density at radius 1 is 0.477 bits per heavy atom. The van der Waals surface area contributed by atoms with Crippen LogP contribution in [0.3, 0.4) is 0 Å². The predicted octanol–water partition coefficient (Wildman–Crippen LogP) is 9.83. The van der Waals surface area contributed by atoms with Crippen molar-refractivity contribution < 1.29 is 16.8 Å². The van der Waals surface area contributed by atoms with Crippen LogP contribution >= 0.6 is 22.7 Å². The minimum Gasteiger partial charge on any atom is -0.345 e. The average molecular weight is 953 g/mol. The Labute approximate surface area is 396 Å². The summed E-state index contributed by atoms with van der Waals surface area (Å²) in [7, 11) is -7.05. The third-order valence-electron chi connectivity index (χ3n) is 13.2. The van der Waals surface area contributed by atoms with Gasteiger partial charge in [0.15, 0.2) is 10.3 Å². The van der Waals surface area contributed by atoms with Gasteiger partial charge in [-0.15, -0.1) is 22.7 Å². The van der Waals surface area contributed by atoms with Gasteiger partial charge >= 0.3 is 0 Å². The molecule has 14 heteroatoms. The molecule has 0 bridgehead atoms. The van der Waals surface area contributed by atoms with Gasteiger partial charge in [0.25, 0.3) is 0 Å². The maximum Gasteiger partial charge on any atom is 0.243 e. The Morgan fingerprint density at radius 2 is 0.800 bits per heavy atom. The molecule has 0 spiro atoms. The first-order valence-corrected chi connectivity index (χ1v) is 27.2. The van der Waals surface area contributed by atoms with Crippen LogP contribution in [0.15, 0.2) is 81.2 Å². The van der Waals surface area contributed by atoms with Crippen molar-refractivity contribution >= 4 is 53.0 Å². The molecule has 0 atom stereocenters. The molecule has 0 radical (unpaired) electrons. The molecule has 0 aliphatic carbocycles. The fourth-order valence-corrected chi connectivity index (χ4v) is 14.4. The third-order valence-corrected chi connectivity index (χ3v) is 19.5. The topological polar surface area (TPSA) is 107 Å². The first kappa shape index (κ1) is 48.5. The van der Waals surface area contributed by atoms with Crippen molar-refractivity contribution in [2.75, 3.05) is 62.2 Å². The molecule has 2 aliphatic heterocycles. The highest BCUT2D eigenvalue weighted by Gasteiger charge is 2.34. The number of anilines is 2.